The van der Waals surface area contributed by atoms with Gasteiger partial charge in [-0.05, 0) is 71.4 Å². The molecule has 0 aromatic heterocycles. The van der Waals surface area contributed by atoms with Gasteiger partial charge >= 0.3 is 0 Å². The van der Waals surface area contributed by atoms with Gasteiger partial charge in [-0.15, -0.1) is 0 Å². The summed E-state index contributed by atoms with van der Waals surface area (Å²) in [4.78, 5) is 2.67. The van der Waals surface area contributed by atoms with E-state index in [1.165, 1.54) is 58.0 Å². The highest BCUT2D eigenvalue weighted by molar-refractivity contribution is 4.96. The molecule has 3 N–H and O–H groups in total. The van der Waals surface area contributed by atoms with Crippen LogP contribution in [0.5, 0.6) is 0 Å². The molecule has 2 heterocycles. The Labute approximate surface area is 130 Å². The van der Waals surface area contributed by atoms with Crippen molar-refractivity contribution in [1.82, 2.24) is 10.3 Å². The van der Waals surface area contributed by atoms with Crippen molar-refractivity contribution in [2.45, 2.75) is 89.3 Å². The number of ether oxygens (including phenoxy) is 1. The number of nitrogens with zero attached hydrogens (tertiary/aromatic N) is 1. The van der Waals surface area contributed by atoms with Crippen LogP contribution in [0.4, 0.5) is 0 Å². The van der Waals surface area contributed by atoms with Crippen LogP contribution in [0, 0.1) is 0 Å². The fourth-order valence-electron chi connectivity index (χ4n) is 4.09. The molecule has 2 aliphatic heterocycles. The predicted molar refractivity (Wildman–Crippen MR) is 88.1 cm³/mol. The topological polar surface area (TPSA) is 50.5 Å². The van der Waals surface area contributed by atoms with E-state index in [4.69, 9.17) is 10.6 Å². The molecule has 0 radical (unpaired) electrons. The quantitative estimate of drug-likeness (QED) is 0.534. The molecular weight excluding hydrogens is 262 g/mol. The van der Waals surface area contributed by atoms with Gasteiger partial charge in [0.2, 0.25) is 0 Å². The van der Waals surface area contributed by atoms with E-state index in [0.29, 0.717) is 12.1 Å². The van der Waals surface area contributed by atoms with Crippen molar-refractivity contribution in [1.29, 1.82) is 0 Å². The first-order valence-corrected chi connectivity index (χ1v) is 9.03. The molecule has 0 amide bonds. The molecule has 2 fully saturated rings. The molecule has 2 aliphatic rings. The summed E-state index contributed by atoms with van der Waals surface area (Å²) < 4.78 is 5.73. The summed E-state index contributed by atoms with van der Waals surface area (Å²) in [5, 5.41) is 0. The van der Waals surface area contributed by atoms with Crippen LogP contribution < -0.4 is 11.3 Å². The molecule has 0 aromatic rings. The van der Waals surface area contributed by atoms with Crippen molar-refractivity contribution in [2.24, 2.45) is 5.84 Å². The molecule has 21 heavy (non-hydrogen) atoms. The number of nitrogens with two attached hydrogens (primary N) is 1. The predicted octanol–water partition coefficient (Wildman–Crippen LogP) is 2.82. The van der Waals surface area contributed by atoms with E-state index in [-0.39, 0.29) is 5.54 Å². The second-order valence-corrected chi connectivity index (χ2v) is 7.04. The van der Waals surface area contributed by atoms with Crippen LogP contribution in [-0.4, -0.2) is 42.3 Å². The van der Waals surface area contributed by atoms with Crippen LogP contribution >= 0.6 is 0 Å². The lowest BCUT2D eigenvalue weighted by atomic mass is 9.83. The monoisotopic (exact) mass is 297 g/mol. The van der Waals surface area contributed by atoms with Gasteiger partial charge in [-0.2, -0.15) is 0 Å². The number of likely N-dealkylation sites (tertiary alicyclic amines) is 1. The maximum absolute atomic E-state index is 5.93. The van der Waals surface area contributed by atoms with Gasteiger partial charge in [0.05, 0.1) is 6.10 Å². The van der Waals surface area contributed by atoms with Gasteiger partial charge < -0.3 is 4.74 Å². The average molecular weight is 297 g/mol. The van der Waals surface area contributed by atoms with Gasteiger partial charge in [0.1, 0.15) is 0 Å². The van der Waals surface area contributed by atoms with E-state index >= 15 is 0 Å². The molecule has 0 spiro atoms. The summed E-state index contributed by atoms with van der Waals surface area (Å²) in [5.74, 6) is 5.93. The lowest BCUT2D eigenvalue weighted by Gasteiger charge is -2.48. The van der Waals surface area contributed by atoms with Crippen LogP contribution in [0.3, 0.4) is 0 Å². The van der Waals surface area contributed by atoms with Gasteiger partial charge in [0.15, 0.2) is 0 Å². The molecule has 0 aliphatic carbocycles. The highest BCUT2D eigenvalue weighted by Crippen LogP contribution is 2.30. The normalized spacial score (nSPS) is 28.4. The summed E-state index contributed by atoms with van der Waals surface area (Å²) >= 11 is 0. The molecule has 124 valence electrons. The van der Waals surface area contributed by atoms with Gasteiger partial charge in [-0.3, -0.25) is 16.2 Å². The van der Waals surface area contributed by atoms with E-state index in [9.17, 15) is 0 Å². The summed E-state index contributed by atoms with van der Waals surface area (Å²) in [6, 6.07) is 0.377. The lowest BCUT2D eigenvalue weighted by Crippen LogP contribution is -2.61. The smallest absolute Gasteiger partial charge is 0.0576 e. The highest BCUT2D eigenvalue weighted by Gasteiger charge is 2.37. The fourth-order valence-corrected chi connectivity index (χ4v) is 4.09. The molecule has 2 rings (SSSR count). The van der Waals surface area contributed by atoms with Crippen LogP contribution in [0.1, 0.15) is 71.6 Å². The summed E-state index contributed by atoms with van der Waals surface area (Å²) in [6.07, 6.45) is 11.8. The third kappa shape index (κ3) is 4.41. The first kappa shape index (κ1) is 17.2. The zero-order valence-electron chi connectivity index (χ0n) is 14.1. The number of hydrazine groups is 1. The molecule has 0 aromatic carbocycles. The Morgan fingerprint density at radius 3 is 2.62 bits per heavy atom. The van der Waals surface area contributed by atoms with E-state index in [1.807, 2.05) is 0 Å². The first-order chi connectivity index (χ1) is 10.2. The lowest BCUT2D eigenvalue weighted by molar-refractivity contribution is 0.0370. The van der Waals surface area contributed by atoms with Crippen LogP contribution in [-0.2, 0) is 4.74 Å². The maximum Gasteiger partial charge on any atom is 0.0576 e. The van der Waals surface area contributed by atoms with Crippen molar-refractivity contribution >= 4 is 0 Å². The number of nitrogens with one attached hydrogen (secondary N) is 1. The molecular formula is C17H35N3O. The second-order valence-electron chi connectivity index (χ2n) is 7.04. The molecule has 3 unspecified atom stereocenters. The zero-order chi connectivity index (χ0) is 15.1. The Kier molecular flexibility index (Phi) is 6.93. The van der Waals surface area contributed by atoms with Crippen molar-refractivity contribution < 1.29 is 4.74 Å². The Bertz CT molecular complexity index is 288. The minimum absolute atomic E-state index is 0.186. The number of rotatable bonds is 8. The van der Waals surface area contributed by atoms with Gasteiger partial charge in [-0.25, -0.2) is 0 Å². The van der Waals surface area contributed by atoms with Crippen molar-refractivity contribution in [3.63, 3.8) is 0 Å². The Morgan fingerprint density at radius 2 is 2.05 bits per heavy atom. The largest absolute Gasteiger partial charge is 0.378 e. The summed E-state index contributed by atoms with van der Waals surface area (Å²) in [5.41, 5.74) is 3.32. The summed E-state index contributed by atoms with van der Waals surface area (Å²) in [6.45, 7) is 8.13. The molecule has 0 saturated carbocycles. The zero-order valence-corrected chi connectivity index (χ0v) is 14.1. The number of piperidine rings is 1. The molecule has 2 saturated heterocycles. The van der Waals surface area contributed by atoms with E-state index in [2.05, 4.69) is 24.2 Å². The fraction of sp³-hybridized carbons (Fsp3) is 1.00. The Morgan fingerprint density at radius 1 is 1.29 bits per heavy atom. The molecule has 4 nitrogen and oxygen atoms in total. The van der Waals surface area contributed by atoms with Crippen LogP contribution in [0.15, 0.2) is 0 Å². The van der Waals surface area contributed by atoms with E-state index in [0.717, 1.165) is 19.4 Å². The van der Waals surface area contributed by atoms with E-state index < -0.39 is 0 Å². The third-order valence-corrected chi connectivity index (χ3v) is 5.79. The summed E-state index contributed by atoms with van der Waals surface area (Å²) in [7, 11) is 0. The van der Waals surface area contributed by atoms with Gasteiger partial charge in [-0.1, -0.05) is 13.3 Å². The van der Waals surface area contributed by atoms with Gasteiger partial charge in [0, 0.05) is 18.2 Å². The van der Waals surface area contributed by atoms with E-state index in [1.54, 1.807) is 0 Å². The molecule has 0 bridgehead atoms. The Balaban J connectivity index is 1.85. The number of hydrogen-bond donors (Lipinski definition) is 2. The SMILES string of the molecule is CCC(C)(C(CCCC1CCCO1)NN)N1CCCCC1. The standard InChI is InChI=1S/C17H35N3O/c1-3-17(2,20-12-5-4-6-13-20)16(19-18)11-7-9-15-10-8-14-21-15/h15-16,19H,3-14,18H2,1-2H3. The van der Waals surface area contributed by atoms with Crippen molar-refractivity contribution in [3.8, 4) is 0 Å². The highest BCUT2D eigenvalue weighted by atomic mass is 16.5. The van der Waals surface area contributed by atoms with Crippen molar-refractivity contribution in [3.05, 3.63) is 0 Å². The minimum atomic E-state index is 0.186. The van der Waals surface area contributed by atoms with Crippen molar-refractivity contribution in [2.75, 3.05) is 19.7 Å². The average Bonchev–Trinajstić information content (AvgIpc) is 3.05. The second kappa shape index (κ2) is 8.47. The minimum Gasteiger partial charge on any atom is -0.378 e. The first-order valence-electron chi connectivity index (χ1n) is 9.03. The van der Waals surface area contributed by atoms with Crippen LogP contribution in [0.2, 0.25) is 0 Å². The number of hydrogen-bond acceptors (Lipinski definition) is 4. The Hall–Kier alpha value is -0.160. The molecule has 4 heteroatoms. The maximum atomic E-state index is 5.93. The van der Waals surface area contributed by atoms with Gasteiger partial charge in [0.25, 0.3) is 0 Å². The molecule has 3 atom stereocenters. The van der Waals surface area contributed by atoms with Crippen LogP contribution in [0.25, 0.3) is 0 Å². The third-order valence-electron chi connectivity index (χ3n) is 5.79.